The van der Waals surface area contributed by atoms with E-state index in [-0.39, 0.29) is 19.1 Å². The van der Waals surface area contributed by atoms with Crippen molar-refractivity contribution in [2.45, 2.75) is 19.1 Å². The molecule has 1 atom stereocenters. The summed E-state index contributed by atoms with van der Waals surface area (Å²) in [5, 5.41) is 10.4. The predicted molar refractivity (Wildman–Crippen MR) is 110 cm³/mol. The van der Waals surface area contributed by atoms with Crippen LogP contribution in [-0.4, -0.2) is 42.2 Å². The number of carbonyl (C=O) groups is 1. The number of hydrogen-bond acceptors (Lipinski definition) is 4. The summed E-state index contributed by atoms with van der Waals surface area (Å²) in [6, 6.07) is 10.8. The van der Waals surface area contributed by atoms with Crippen molar-refractivity contribution in [3.8, 4) is 5.75 Å². The van der Waals surface area contributed by atoms with E-state index in [1.54, 1.807) is 24.3 Å². The molecule has 0 spiro atoms. The van der Waals surface area contributed by atoms with E-state index in [1.165, 1.54) is 0 Å². The molecule has 0 amide bonds. The molecule has 1 aliphatic rings. The Morgan fingerprint density at radius 2 is 1.93 bits per heavy atom. The van der Waals surface area contributed by atoms with E-state index in [0.29, 0.717) is 46.1 Å². The standard InChI is InChI=1S/C20H20Cl3NO4/c21-15-2-1-3-16(22)14(15)12-28-18-5-4-13(10-17(18)23)19-11-24(8-9-27-19)7-6-20(25)26/h1-5,10,19H,6-9,11-12H2,(H,25,26). The van der Waals surface area contributed by atoms with Crippen LogP contribution < -0.4 is 4.74 Å². The third-order valence-electron chi connectivity index (χ3n) is 4.55. The van der Waals surface area contributed by atoms with Crippen LogP contribution in [0.5, 0.6) is 5.75 Å². The van der Waals surface area contributed by atoms with Gasteiger partial charge in [0.2, 0.25) is 0 Å². The number of benzene rings is 2. The summed E-state index contributed by atoms with van der Waals surface area (Å²) in [6.45, 7) is 2.60. The third-order valence-corrected chi connectivity index (χ3v) is 5.56. The number of ether oxygens (including phenoxy) is 2. The zero-order chi connectivity index (χ0) is 20.1. The lowest BCUT2D eigenvalue weighted by Gasteiger charge is -2.33. The first-order chi connectivity index (χ1) is 13.4. The number of hydrogen-bond donors (Lipinski definition) is 1. The maximum atomic E-state index is 10.8. The summed E-state index contributed by atoms with van der Waals surface area (Å²) in [7, 11) is 0. The largest absolute Gasteiger partial charge is 0.487 e. The van der Waals surface area contributed by atoms with E-state index < -0.39 is 5.97 Å². The Hall–Kier alpha value is -1.50. The summed E-state index contributed by atoms with van der Waals surface area (Å²) in [6.07, 6.45) is -0.0442. The van der Waals surface area contributed by atoms with Gasteiger partial charge in [-0.2, -0.15) is 0 Å². The minimum atomic E-state index is -0.800. The van der Waals surface area contributed by atoms with Gasteiger partial charge in [0.15, 0.2) is 0 Å². The minimum Gasteiger partial charge on any atom is -0.487 e. The molecule has 0 bridgehead atoms. The van der Waals surface area contributed by atoms with Crippen molar-refractivity contribution in [1.29, 1.82) is 0 Å². The highest BCUT2D eigenvalue weighted by molar-refractivity contribution is 6.36. The number of carboxylic acid groups (broad SMARTS) is 1. The van der Waals surface area contributed by atoms with Gasteiger partial charge in [-0.1, -0.05) is 46.9 Å². The summed E-state index contributed by atoms with van der Waals surface area (Å²) in [5.74, 6) is -0.272. The molecular weight excluding hydrogens is 425 g/mol. The average Bonchev–Trinajstić information content (AvgIpc) is 2.67. The first kappa shape index (κ1) is 21.2. The van der Waals surface area contributed by atoms with Gasteiger partial charge < -0.3 is 14.6 Å². The number of aliphatic carboxylic acids is 1. The van der Waals surface area contributed by atoms with Crippen molar-refractivity contribution in [3.63, 3.8) is 0 Å². The lowest BCUT2D eigenvalue weighted by atomic mass is 10.1. The van der Waals surface area contributed by atoms with Crippen LogP contribution in [0.3, 0.4) is 0 Å². The molecule has 2 aromatic rings. The van der Waals surface area contributed by atoms with Crippen molar-refractivity contribution >= 4 is 40.8 Å². The molecule has 28 heavy (non-hydrogen) atoms. The Labute approximate surface area is 178 Å². The van der Waals surface area contributed by atoms with E-state index in [1.807, 2.05) is 12.1 Å². The van der Waals surface area contributed by atoms with Gasteiger partial charge in [0.25, 0.3) is 0 Å². The molecule has 0 radical (unpaired) electrons. The van der Waals surface area contributed by atoms with Gasteiger partial charge in [-0.15, -0.1) is 0 Å². The second-order valence-electron chi connectivity index (χ2n) is 6.48. The molecule has 1 N–H and O–H groups in total. The van der Waals surface area contributed by atoms with Crippen LogP contribution in [0.1, 0.15) is 23.7 Å². The van der Waals surface area contributed by atoms with Crippen molar-refractivity contribution in [3.05, 3.63) is 62.6 Å². The van der Waals surface area contributed by atoms with Gasteiger partial charge in [-0.3, -0.25) is 9.69 Å². The van der Waals surface area contributed by atoms with Gasteiger partial charge in [0, 0.05) is 35.2 Å². The highest BCUT2D eigenvalue weighted by Crippen LogP contribution is 2.32. The van der Waals surface area contributed by atoms with Crippen LogP contribution in [0.4, 0.5) is 0 Å². The van der Waals surface area contributed by atoms with Gasteiger partial charge in [0.1, 0.15) is 12.4 Å². The fourth-order valence-corrected chi connectivity index (χ4v) is 3.77. The average molecular weight is 445 g/mol. The highest BCUT2D eigenvalue weighted by Gasteiger charge is 2.23. The summed E-state index contributed by atoms with van der Waals surface area (Å²) in [4.78, 5) is 12.9. The molecule has 1 aliphatic heterocycles. The molecule has 1 saturated heterocycles. The number of rotatable bonds is 7. The van der Waals surface area contributed by atoms with Crippen molar-refractivity contribution < 1.29 is 19.4 Å². The zero-order valence-electron chi connectivity index (χ0n) is 15.0. The number of carboxylic acids is 1. The minimum absolute atomic E-state index is 0.116. The van der Waals surface area contributed by atoms with E-state index in [2.05, 4.69) is 4.90 Å². The fourth-order valence-electron chi connectivity index (χ4n) is 3.02. The quantitative estimate of drug-likeness (QED) is 0.646. The van der Waals surface area contributed by atoms with Crippen LogP contribution in [0.25, 0.3) is 0 Å². The maximum Gasteiger partial charge on any atom is 0.304 e. The van der Waals surface area contributed by atoms with E-state index in [9.17, 15) is 4.79 Å². The number of halogens is 3. The SMILES string of the molecule is O=C(O)CCN1CCOC(c2ccc(OCc3c(Cl)cccc3Cl)c(Cl)c2)C1. The smallest absolute Gasteiger partial charge is 0.304 e. The molecule has 1 unspecified atom stereocenters. The van der Waals surface area contributed by atoms with E-state index >= 15 is 0 Å². The van der Waals surface area contributed by atoms with E-state index in [4.69, 9.17) is 49.4 Å². The van der Waals surface area contributed by atoms with Crippen LogP contribution in [-0.2, 0) is 16.1 Å². The predicted octanol–water partition coefficient (Wildman–Crippen LogP) is 5.07. The van der Waals surface area contributed by atoms with Gasteiger partial charge in [0.05, 0.1) is 24.2 Å². The Balaban J connectivity index is 1.64. The first-order valence-electron chi connectivity index (χ1n) is 8.85. The number of morpholine rings is 1. The van der Waals surface area contributed by atoms with Crippen molar-refractivity contribution in [2.75, 3.05) is 26.2 Å². The Kier molecular flexibility index (Phi) is 7.43. The van der Waals surface area contributed by atoms with Crippen molar-refractivity contribution in [2.24, 2.45) is 0 Å². The van der Waals surface area contributed by atoms with Crippen LogP contribution >= 0.6 is 34.8 Å². The normalized spacial score (nSPS) is 17.5. The molecule has 1 fully saturated rings. The monoisotopic (exact) mass is 443 g/mol. The van der Waals surface area contributed by atoms with Crippen molar-refractivity contribution in [1.82, 2.24) is 4.90 Å². The molecule has 3 rings (SSSR count). The molecule has 8 heteroatoms. The molecule has 0 aromatic heterocycles. The van der Waals surface area contributed by atoms with Crippen LogP contribution in [0.2, 0.25) is 15.1 Å². The highest BCUT2D eigenvalue weighted by atomic mass is 35.5. The van der Waals surface area contributed by atoms with Gasteiger partial charge in [-0.25, -0.2) is 0 Å². The second kappa shape index (κ2) is 9.81. The summed E-state index contributed by atoms with van der Waals surface area (Å²) >= 11 is 18.7. The molecular formula is C20H20Cl3NO4. The Morgan fingerprint density at radius 3 is 2.61 bits per heavy atom. The maximum absolute atomic E-state index is 10.8. The summed E-state index contributed by atoms with van der Waals surface area (Å²) < 4.78 is 11.6. The topological polar surface area (TPSA) is 59.0 Å². The number of nitrogens with zero attached hydrogens (tertiary/aromatic N) is 1. The molecule has 1 heterocycles. The van der Waals surface area contributed by atoms with Gasteiger partial charge >= 0.3 is 5.97 Å². The molecule has 0 aliphatic carbocycles. The Morgan fingerprint density at radius 1 is 1.18 bits per heavy atom. The second-order valence-corrected chi connectivity index (χ2v) is 7.70. The Bertz CT molecular complexity index is 826. The molecule has 150 valence electrons. The fraction of sp³-hybridized carbons (Fsp3) is 0.350. The summed E-state index contributed by atoms with van der Waals surface area (Å²) in [5.41, 5.74) is 1.63. The van der Waals surface area contributed by atoms with Crippen LogP contribution in [0, 0.1) is 0 Å². The lowest BCUT2D eigenvalue weighted by Crippen LogP contribution is -2.39. The first-order valence-corrected chi connectivity index (χ1v) is 9.98. The molecule has 5 nitrogen and oxygen atoms in total. The van der Waals surface area contributed by atoms with Gasteiger partial charge in [-0.05, 0) is 29.8 Å². The lowest BCUT2D eigenvalue weighted by molar-refractivity contribution is -0.137. The zero-order valence-corrected chi connectivity index (χ0v) is 17.3. The third kappa shape index (κ3) is 5.52. The van der Waals surface area contributed by atoms with E-state index in [0.717, 1.165) is 12.1 Å². The molecule has 0 saturated carbocycles. The molecule has 2 aromatic carbocycles. The van der Waals surface area contributed by atoms with Crippen LogP contribution in [0.15, 0.2) is 36.4 Å².